The summed E-state index contributed by atoms with van der Waals surface area (Å²) in [6.45, 7) is 2.61. The Hall–Kier alpha value is -2.42. The molecule has 0 aliphatic carbocycles. The van der Waals surface area contributed by atoms with Crippen LogP contribution in [0.2, 0.25) is 0 Å². The molecule has 0 aliphatic rings. The van der Waals surface area contributed by atoms with Crippen LogP contribution in [0.4, 0.5) is 0 Å². The van der Waals surface area contributed by atoms with Gasteiger partial charge in [-0.2, -0.15) is 0 Å². The fourth-order valence-electron chi connectivity index (χ4n) is 2.36. The van der Waals surface area contributed by atoms with Crippen LogP contribution in [0.3, 0.4) is 0 Å². The van der Waals surface area contributed by atoms with Crippen molar-refractivity contribution in [3.05, 3.63) is 59.8 Å². The second kappa shape index (κ2) is 4.93. The summed E-state index contributed by atoms with van der Waals surface area (Å²) in [5.41, 5.74) is 3.59. The monoisotopic (exact) mass is 267 g/mol. The van der Waals surface area contributed by atoms with Crippen LogP contribution in [0, 0.1) is 6.92 Å². The molecule has 1 aromatic heterocycles. The van der Waals surface area contributed by atoms with Crippen molar-refractivity contribution in [2.45, 2.75) is 13.5 Å². The molecule has 0 bridgehead atoms. The molecule has 0 spiro atoms. The van der Waals surface area contributed by atoms with Crippen molar-refractivity contribution >= 4 is 10.9 Å². The zero-order valence-corrected chi connectivity index (χ0v) is 11.6. The lowest BCUT2D eigenvalue weighted by Crippen LogP contribution is -2.01. The van der Waals surface area contributed by atoms with Gasteiger partial charge in [-0.15, -0.1) is 0 Å². The number of fused-ring (bicyclic) bond motifs is 1. The molecule has 0 aliphatic heterocycles. The van der Waals surface area contributed by atoms with E-state index < -0.39 is 0 Å². The van der Waals surface area contributed by atoms with Gasteiger partial charge in [-0.05, 0) is 49.4 Å². The first-order valence-electron chi connectivity index (χ1n) is 6.60. The molecule has 0 radical (unpaired) electrons. The van der Waals surface area contributed by atoms with Crippen LogP contribution < -0.4 is 4.74 Å². The molecule has 20 heavy (non-hydrogen) atoms. The first-order chi connectivity index (χ1) is 9.63. The average Bonchev–Trinajstić information content (AvgIpc) is 2.74. The maximum absolute atomic E-state index is 9.25. The van der Waals surface area contributed by atoms with E-state index >= 15 is 0 Å². The Morgan fingerprint density at radius 3 is 2.55 bits per heavy atom. The van der Waals surface area contributed by atoms with Crippen molar-refractivity contribution < 1.29 is 9.84 Å². The zero-order chi connectivity index (χ0) is 14.1. The SMILES string of the molecule is Cc1ccc2c(c1)cc(COc1ccc(O)cc1)n2C. The quantitative estimate of drug-likeness (QED) is 0.783. The number of aryl methyl sites for hydroxylation is 2. The second-order valence-electron chi connectivity index (χ2n) is 5.04. The van der Waals surface area contributed by atoms with E-state index in [1.54, 1.807) is 24.3 Å². The van der Waals surface area contributed by atoms with Crippen LogP contribution >= 0.6 is 0 Å². The number of rotatable bonds is 3. The minimum absolute atomic E-state index is 0.248. The first kappa shape index (κ1) is 12.6. The van der Waals surface area contributed by atoms with Gasteiger partial charge in [0.25, 0.3) is 0 Å². The van der Waals surface area contributed by atoms with Crippen molar-refractivity contribution in [3.63, 3.8) is 0 Å². The number of aromatic hydroxyl groups is 1. The number of nitrogens with zero attached hydrogens (tertiary/aromatic N) is 1. The van der Waals surface area contributed by atoms with Crippen molar-refractivity contribution in [1.82, 2.24) is 4.57 Å². The van der Waals surface area contributed by atoms with Crippen LogP contribution in [0.1, 0.15) is 11.3 Å². The van der Waals surface area contributed by atoms with E-state index in [-0.39, 0.29) is 5.75 Å². The van der Waals surface area contributed by atoms with Crippen molar-refractivity contribution in [2.24, 2.45) is 7.05 Å². The van der Waals surface area contributed by atoms with E-state index in [4.69, 9.17) is 4.74 Å². The van der Waals surface area contributed by atoms with Crippen molar-refractivity contribution in [3.8, 4) is 11.5 Å². The third kappa shape index (κ3) is 2.35. The highest BCUT2D eigenvalue weighted by Gasteiger charge is 2.06. The third-order valence-corrected chi connectivity index (χ3v) is 3.52. The molecule has 0 amide bonds. The summed E-state index contributed by atoms with van der Waals surface area (Å²) >= 11 is 0. The number of phenols is 1. The first-order valence-corrected chi connectivity index (χ1v) is 6.60. The number of hydrogen-bond donors (Lipinski definition) is 1. The average molecular weight is 267 g/mol. The summed E-state index contributed by atoms with van der Waals surface area (Å²) in [7, 11) is 2.05. The summed E-state index contributed by atoms with van der Waals surface area (Å²) in [6.07, 6.45) is 0. The summed E-state index contributed by atoms with van der Waals surface area (Å²) in [6, 6.07) is 15.4. The Labute approximate surface area is 118 Å². The van der Waals surface area contributed by atoms with Gasteiger partial charge in [-0.25, -0.2) is 0 Å². The van der Waals surface area contributed by atoms with Gasteiger partial charge in [0.1, 0.15) is 18.1 Å². The fourth-order valence-corrected chi connectivity index (χ4v) is 2.36. The molecule has 0 saturated carbocycles. The minimum atomic E-state index is 0.248. The lowest BCUT2D eigenvalue weighted by molar-refractivity contribution is 0.297. The summed E-state index contributed by atoms with van der Waals surface area (Å²) in [4.78, 5) is 0. The molecule has 3 aromatic rings. The summed E-state index contributed by atoms with van der Waals surface area (Å²) in [5, 5.41) is 10.5. The minimum Gasteiger partial charge on any atom is -0.508 e. The van der Waals surface area contributed by atoms with Crippen LogP contribution in [-0.2, 0) is 13.7 Å². The lowest BCUT2D eigenvalue weighted by atomic mass is 10.2. The molecule has 1 heterocycles. The van der Waals surface area contributed by atoms with E-state index in [0.29, 0.717) is 6.61 Å². The largest absolute Gasteiger partial charge is 0.508 e. The maximum Gasteiger partial charge on any atom is 0.128 e. The van der Waals surface area contributed by atoms with Gasteiger partial charge in [0.2, 0.25) is 0 Å². The zero-order valence-electron chi connectivity index (χ0n) is 11.6. The summed E-state index contributed by atoms with van der Waals surface area (Å²) in [5.74, 6) is 1.00. The Bertz CT molecular complexity index is 742. The van der Waals surface area contributed by atoms with Crippen LogP contribution in [0.25, 0.3) is 10.9 Å². The Morgan fingerprint density at radius 2 is 1.80 bits per heavy atom. The fraction of sp³-hybridized carbons (Fsp3) is 0.176. The molecular formula is C17H17NO2. The topological polar surface area (TPSA) is 34.4 Å². The molecule has 3 heteroatoms. The van der Waals surface area contributed by atoms with Gasteiger partial charge in [0, 0.05) is 18.0 Å². The van der Waals surface area contributed by atoms with Gasteiger partial charge in [0.15, 0.2) is 0 Å². The van der Waals surface area contributed by atoms with Crippen LogP contribution in [0.15, 0.2) is 48.5 Å². The Kier molecular flexibility index (Phi) is 3.11. The smallest absolute Gasteiger partial charge is 0.128 e. The van der Waals surface area contributed by atoms with E-state index in [0.717, 1.165) is 11.4 Å². The van der Waals surface area contributed by atoms with Gasteiger partial charge in [-0.3, -0.25) is 0 Å². The van der Waals surface area contributed by atoms with Gasteiger partial charge >= 0.3 is 0 Å². The van der Waals surface area contributed by atoms with Crippen molar-refractivity contribution in [1.29, 1.82) is 0 Å². The van der Waals surface area contributed by atoms with E-state index in [9.17, 15) is 5.11 Å². The van der Waals surface area contributed by atoms with Crippen LogP contribution in [0.5, 0.6) is 11.5 Å². The number of hydrogen-bond acceptors (Lipinski definition) is 2. The highest BCUT2D eigenvalue weighted by Crippen LogP contribution is 2.22. The van der Waals surface area contributed by atoms with Gasteiger partial charge < -0.3 is 14.4 Å². The third-order valence-electron chi connectivity index (χ3n) is 3.52. The number of benzene rings is 2. The molecule has 102 valence electrons. The lowest BCUT2D eigenvalue weighted by Gasteiger charge is -2.07. The number of aromatic nitrogens is 1. The molecule has 2 aromatic carbocycles. The predicted octanol–water partition coefficient (Wildman–Crippen LogP) is 3.77. The molecule has 3 rings (SSSR count). The van der Waals surface area contributed by atoms with Gasteiger partial charge in [0.05, 0.1) is 5.69 Å². The van der Waals surface area contributed by atoms with E-state index in [1.807, 2.05) is 7.05 Å². The highest BCUT2D eigenvalue weighted by molar-refractivity contribution is 5.82. The van der Waals surface area contributed by atoms with Crippen LogP contribution in [-0.4, -0.2) is 9.67 Å². The molecule has 1 N–H and O–H groups in total. The molecule has 3 nitrogen and oxygen atoms in total. The number of ether oxygens (including phenoxy) is 1. The number of phenolic OH excluding ortho intramolecular Hbond substituents is 1. The molecular weight excluding hydrogens is 250 g/mol. The standard InChI is InChI=1S/C17H17NO2/c1-12-3-8-17-13(9-12)10-14(18(17)2)11-20-16-6-4-15(19)5-7-16/h3-10,19H,11H2,1-2H3. The molecule has 0 unspecified atom stereocenters. The Balaban J connectivity index is 1.84. The predicted molar refractivity (Wildman–Crippen MR) is 80.1 cm³/mol. The molecule has 0 saturated heterocycles. The van der Waals surface area contributed by atoms with Gasteiger partial charge in [-0.1, -0.05) is 11.6 Å². The molecule has 0 fully saturated rings. The Morgan fingerprint density at radius 1 is 1.05 bits per heavy atom. The summed E-state index contributed by atoms with van der Waals surface area (Å²) < 4.78 is 7.90. The molecule has 0 atom stereocenters. The maximum atomic E-state index is 9.25. The van der Waals surface area contributed by atoms with E-state index in [2.05, 4.69) is 35.8 Å². The second-order valence-corrected chi connectivity index (χ2v) is 5.04. The normalized spacial score (nSPS) is 10.9. The van der Waals surface area contributed by atoms with E-state index in [1.165, 1.54) is 16.5 Å². The van der Waals surface area contributed by atoms with Crippen molar-refractivity contribution in [2.75, 3.05) is 0 Å². The highest BCUT2D eigenvalue weighted by atomic mass is 16.5.